The van der Waals surface area contributed by atoms with E-state index in [1.165, 1.54) is 4.90 Å². The van der Waals surface area contributed by atoms with Crippen LogP contribution >= 0.6 is 0 Å². The third-order valence-electron chi connectivity index (χ3n) is 7.34. The Morgan fingerprint density at radius 2 is 1.90 bits per heavy atom. The van der Waals surface area contributed by atoms with E-state index in [-0.39, 0.29) is 24.0 Å². The van der Waals surface area contributed by atoms with Gasteiger partial charge in [0.1, 0.15) is 23.2 Å². The van der Waals surface area contributed by atoms with E-state index in [9.17, 15) is 27.6 Å². The Kier molecular flexibility index (Phi) is 10.1. The van der Waals surface area contributed by atoms with Crippen molar-refractivity contribution in [2.75, 3.05) is 12.3 Å². The Hall–Kier alpha value is -2.63. The van der Waals surface area contributed by atoms with Crippen LogP contribution in [-0.2, 0) is 29.1 Å². The highest BCUT2D eigenvalue weighted by atomic mass is 32.2. The molecule has 0 aromatic heterocycles. The molecule has 11 nitrogen and oxygen atoms in total. The summed E-state index contributed by atoms with van der Waals surface area (Å²) in [5.41, 5.74) is -2.10. The van der Waals surface area contributed by atoms with Crippen LogP contribution in [0.15, 0.2) is 12.2 Å². The van der Waals surface area contributed by atoms with Crippen molar-refractivity contribution in [1.82, 2.24) is 20.3 Å². The van der Waals surface area contributed by atoms with E-state index >= 15 is 0 Å². The number of carbonyl (C=O) groups is 4. The van der Waals surface area contributed by atoms with Crippen LogP contribution in [0.4, 0.5) is 4.79 Å². The second kappa shape index (κ2) is 12.7. The van der Waals surface area contributed by atoms with E-state index in [2.05, 4.69) is 15.4 Å². The molecule has 0 aromatic rings. The van der Waals surface area contributed by atoms with Crippen LogP contribution in [0.5, 0.6) is 0 Å². The van der Waals surface area contributed by atoms with Gasteiger partial charge in [0.2, 0.25) is 21.8 Å². The Morgan fingerprint density at radius 3 is 2.59 bits per heavy atom. The minimum Gasteiger partial charge on any atom is -0.444 e. The molecule has 2 fully saturated rings. The maximum Gasteiger partial charge on any atom is 0.408 e. The largest absolute Gasteiger partial charge is 0.444 e. The van der Waals surface area contributed by atoms with Crippen molar-refractivity contribution < 1.29 is 32.3 Å². The van der Waals surface area contributed by atoms with Gasteiger partial charge in [0.05, 0.1) is 5.75 Å². The van der Waals surface area contributed by atoms with Crippen molar-refractivity contribution in [3.05, 3.63) is 12.2 Å². The molecule has 220 valence electrons. The summed E-state index contributed by atoms with van der Waals surface area (Å²) < 4.78 is 32.5. The summed E-state index contributed by atoms with van der Waals surface area (Å²) in [6.45, 7) is 7.43. The fourth-order valence-corrected chi connectivity index (χ4v) is 6.40. The smallest absolute Gasteiger partial charge is 0.408 e. The first kappa shape index (κ1) is 30.9. The fourth-order valence-electron chi connectivity index (χ4n) is 5.16. The number of allylic oxidation sites excluding steroid dienone is 1. The minimum atomic E-state index is -3.84. The van der Waals surface area contributed by atoms with Crippen LogP contribution in [0.3, 0.4) is 0 Å². The van der Waals surface area contributed by atoms with E-state index < -0.39 is 51.2 Å². The van der Waals surface area contributed by atoms with Gasteiger partial charge in [0.15, 0.2) is 0 Å². The highest BCUT2D eigenvalue weighted by Crippen LogP contribution is 2.45. The van der Waals surface area contributed by atoms with Crippen molar-refractivity contribution in [3.63, 3.8) is 0 Å². The number of carbonyl (C=O) groups excluding carboxylic acids is 4. The summed E-state index contributed by atoms with van der Waals surface area (Å²) in [5.74, 6) is -2.11. The molecule has 0 radical (unpaired) electrons. The lowest BCUT2D eigenvalue weighted by molar-refractivity contribution is -0.141. The number of nitrogens with zero attached hydrogens (tertiary/aromatic N) is 1. The number of amides is 4. The molecule has 3 rings (SSSR count). The first-order valence-electron chi connectivity index (χ1n) is 14.1. The van der Waals surface area contributed by atoms with Crippen molar-refractivity contribution in [2.24, 2.45) is 5.92 Å². The molecule has 0 spiro atoms. The summed E-state index contributed by atoms with van der Waals surface area (Å²) in [7, 11) is -3.84. The van der Waals surface area contributed by atoms with Crippen LogP contribution in [-0.4, -0.2) is 72.7 Å². The standard InChI is InChI=1S/C27H44N4O7S/c1-5-6-17-39(36,37)30-24(34)27-18-19(27)13-10-8-7-9-11-14-20(28-25(35)38-26(2,3)4)23(33)31-16-12-15-21(31)22(32)29-27/h10,13,19-21H,5-9,11-12,14-18H2,1-4H3,(H,28,35)(H,29,32)(H,30,34)/b13-10-/t19-,20+,21?,27-/m1/s1. The molecule has 2 aliphatic heterocycles. The van der Waals surface area contributed by atoms with Gasteiger partial charge >= 0.3 is 6.09 Å². The van der Waals surface area contributed by atoms with E-state index in [1.807, 2.05) is 19.1 Å². The molecule has 12 heteroatoms. The summed E-state index contributed by atoms with van der Waals surface area (Å²) in [5, 5.41) is 5.52. The predicted octanol–water partition coefficient (Wildman–Crippen LogP) is 2.51. The molecule has 1 aliphatic carbocycles. The van der Waals surface area contributed by atoms with Gasteiger partial charge in [0, 0.05) is 12.5 Å². The molecule has 3 aliphatic rings. The molecule has 4 atom stereocenters. The lowest BCUT2D eigenvalue weighted by Crippen LogP contribution is -2.58. The molecule has 39 heavy (non-hydrogen) atoms. The van der Waals surface area contributed by atoms with Crippen molar-refractivity contribution in [3.8, 4) is 0 Å². The predicted molar refractivity (Wildman–Crippen MR) is 146 cm³/mol. The van der Waals surface area contributed by atoms with Gasteiger partial charge in [-0.2, -0.15) is 0 Å². The van der Waals surface area contributed by atoms with Crippen LogP contribution in [0, 0.1) is 5.92 Å². The van der Waals surface area contributed by atoms with Crippen LogP contribution in [0.25, 0.3) is 0 Å². The SMILES string of the molecule is CCCCS(=O)(=O)NC(=O)[C@@]12C[C@H]1/C=C\CCCCC[C@H](NC(=O)OC(C)(C)C)C(=O)N1CCCC1C(=O)N2. The number of nitrogens with one attached hydrogen (secondary N) is 3. The van der Waals surface area contributed by atoms with Crippen LogP contribution in [0.2, 0.25) is 0 Å². The zero-order valence-corrected chi connectivity index (χ0v) is 24.4. The van der Waals surface area contributed by atoms with Crippen molar-refractivity contribution >= 4 is 33.8 Å². The maximum absolute atomic E-state index is 13.6. The second-order valence-electron chi connectivity index (χ2n) is 11.8. The second-order valence-corrected chi connectivity index (χ2v) is 13.7. The van der Waals surface area contributed by atoms with Gasteiger partial charge in [-0.05, 0) is 65.7 Å². The van der Waals surface area contributed by atoms with Crippen molar-refractivity contribution in [1.29, 1.82) is 0 Å². The summed E-state index contributed by atoms with van der Waals surface area (Å²) in [4.78, 5) is 54.3. The third kappa shape index (κ3) is 8.43. The Morgan fingerprint density at radius 1 is 1.15 bits per heavy atom. The Bertz CT molecular complexity index is 1070. The monoisotopic (exact) mass is 568 g/mol. The zero-order valence-electron chi connectivity index (χ0n) is 23.6. The van der Waals surface area contributed by atoms with Crippen LogP contribution < -0.4 is 15.4 Å². The molecule has 3 N–H and O–H groups in total. The molecule has 2 heterocycles. The summed E-state index contributed by atoms with van der Waals surface area (Å²) >= 11 is 0. The van der Waals surface area contributed by atoms with E-state index in [4.69, 9.17) is 4.74 Å². The number of ether oxygens (including phenoxy) is 1. The van der Waals surface area contributed by atoms with Gasteiger partial charge in [-0.1, -0.05) is 38.3 Å². The van der Waals surface area contributed by atoms with E-state index in [0.717, 1.165) is 19.3 Å². The lowest BCUT2D eigenvalue weighted by atomic mass is 10.0. The number of hydrogen-bond acceptors (Lipinski definition) is 7. The first-order chi connectivity index (χ1) is 18.3. The van der Waals surface area contributed by atoms with Gasteiger partial charge < -0.3 is 20.3 Å². The third-order valence-corrected chi connectivity index (χ3v) is 8.66. The molecular weight excluding hydrogens is 524 g/mol. The number of fused-ring (bicyclic) bond motifs is 2. The lowest BCUT2D eigenvalue weighted by Gasteiger charge is -2.30. The maximum atomic E-state index is 13.6. The molecular formula is C27H44N4O7S. The van der Waals surface area contributed by atoms with Crippen molar-refractivity contribution in [2.45, 2.75) is 115 Å². The summed E-state index contributed by atoms with van der Waals surface area (Å²) in [6.07, 6.45) is 9.05. The first-order valence-corrected chi connectivity index (χ1v) is 15.8. The number of rotatable bonds is 6. The van der Waals surface area contributed by atoms with E-state index in [1.54, 1.807) is 20.8 Å². The Labute approximate surface area is 231 Å². The van der Waals surface area contributed by atoms with Crippen LogP contribution in [0.1, 0.15) is 91.9 Å². The molecule has 1 saturated heterocycles. The molecule has 4 amide bonds. The summed E-state index contributed by atoms with van der Waals surface area (Å²) in [6, 6.07) is -1.67. The molecule has 1 unspecified atom stereocenters. The Balaban J connectivity index is 1.82. The van der Waals surface area contributed by atoms with Gasteiger partial charge in [0.25, 0.3) is 5.91 Å². The topological polar surface area (TPSA) is 151 Å². The molecule has 1 saturated carbocycles. The minimum absolute atomic E-state index is 0.170. The zero-order chi connectivity index (χ0) is 28.8. The number of unbranched alkanes of at least 4 members (excludes halogenated alkanes) is 1. The highest BCUT2D eigenvalue weighted by molar-refractivity contribution is 7.90. The van der Waals surface area contributed by atoms with E-state index in [0.29, 0.717) is 45.1 Å². The fraction of sp³-hybridized carbons (Fsp3) is 0.778. The number of hydrogen-bond donors (Lipinski definition) is 3. The quantitative estimate of drug-likeness (QED) is 0.417. The van der Waals surface area contributed by atoms with Gasteiger partial charge in [-0.25, -0.2) is 13.2 Å². The molecule has 0 bridgehead atoms. The van der Waals surface area contributed by atoms with Gasteiger partial charge in [-0.3, -0.25) is 19.1 Å². The average molecular weight is 569 g/mol. The normalized spacial score (nSPS) is 29.1. The van der Waals surface area contributed by atoms with Gasteiger partial charge in [-0.15, -0.1) is 0 Å². The number of alkyl carbamates (subject to hydrolysis) is 1. The highest BCUT2D eigenvalue weighted by Gasteiger charge is 2.61. The number of sulfonamides is 1. The molecule has 0 aromatic carbocycles. The average Bonchev–Trinajstić information content (AvgIpc) is 3.29.